The van der Waals surface area contributed by atoms with Gasteiger partial charge in [-0.2, -0.15) is 0 Å². The quantitative estimate of drug-likeness (QED) is 0.567. The second-order valence-electron chi connectivity index (χ2n) is 6.92. The predicted molar refractivity (Wildman–Crippen MR) is 122 cm³/mol. The van der Waals surface area contributed by atoms with Crippen LogP contribution in [0.4, 0.5) is 11.4 Å². The molecule has 0 unspecified atom stereocenters. The number of benzene rings is 2. The van der Waals surface area contributed by atoms with E-state index in [-0.39, 0.29) is 5.56 Å². The van der Waals surface area contributed by atoms with Gasteiger partial charge in [-0.05, 0) is 32.0 Å². The normalized spacial score (nSPS) is 13.4. The van der Waals surface area contributed by atoms with E-state index in [1.807, 2.05) is 19.9 Å². The van der Waals surface area contributed by atoms with Crippen molar-refractivity contribution in [3.8, 4) is 11.5 Å². The molecule has 32 heavy (non-hydrogen) atoms. The second kappa shape index (κ2) is 11.6. The Kier molecular flexibility index (Phi) is 8.58. The summed E-state index contributed by atoms with van der Waals surface area (Å²) in [5.41, 5.74) is 1.59. The highest BCUT2D eigenvalue weighted by Gasteiger charge is 2.21. The van der Waals surface area contributed by atoms with Crippen LogP contribution in [0.2, 0.25) is 5.02 Å². The number of ether oxygens (including phenoxy) is 4. The molecule has 172 valence electrons. The van der Waals surface area contributed by atoms with Gasteiger partial charge in [-0.1, -0.05) is 17.7 Å². The number of amides is 1. The number of nitrogens with one attached hydrogen (secondary N) is 1. The van der Waals surface area contributed by atoms with Gasteiger partial charge in [0.2, 0.25) is 0 Å². The molecular weight excluding hydrogens is 436 g/mol. The van der Waals surface area contributed by atoms with E-state index < -0.39 is 18.5 Å². The molecule has 1 aliphatic rings. The Balaban J connectivity index is 1.74. The molecule has 1 fully saturated rings. The molecule has 9 heteroatoms. The zero-order valence-corrected chi connectivity index (χ0v) is 18.9. The molecule has 0 aliphatic carbocycles. The molecule has 2 aromatic carbocycles. The molecule has 1 saturated heterocycles. The number of morpholine rings is 1. The Bertz CT molecular complexity index is 946. The minimum absolute atomic E-state index is 0.272. The summed E-state index contributed by atoms with van der Waals surface area (Å²) in [4.78, 5) is 26.8. The van der Waals surface area contributed by atoms with Gasteiger partial charge in [-0.25, -0.2) is 4.79 Å². The molecule has 0 aromatic heterocycles. The topological polar surface area (TPSA) is 86.3 Å². The minimum Gasteiger partial charge on any atom is -0.492 e. The van der Waals surface area contributed by atoms with Gasteiger partial charge in [-0.15, -0.1) is 0 Å². The summed E-state index contributed by atoms with van der Waals surface area (Å²) in [6.07, 6.45) is 0. The third-order valence-corrected chi connectivity index (χ3v) is 4.92. The van der Waals surface area contributed by atoms with Gasteiger partial charge in [0.1, 0.15) is 11.5 Å². The number of carbonyl (C=O) groups is 2. The fraction of sp³-hybridized carbons (Fsp3) is 0.391. The largest absolute Gasteiger partial charge is 0.492 e. The van der Waals surface area contributed by atoms with Crippen LogP contribution in [0.15, 0.2) is 36.4 Å². The summed E-state index contributed by atoms with van der Waals surface area (Å²) in [6, 6.07) is 9.92. The van der Waals surface area contributed by atoms with Crippen LogP contribution < -0.4 is 19.7 Å². The van der Waals surface area contributed by atoms with Crippen molar-refractivity contribution < 1.29 is 28.5 Å². The summed E-state index contributed by atoms with van der Waals surface area (Å²) in [5.74, 6) is 0.00397. The molecule has 0 bridgehead atoms. The maximum atomic E-state index is 12.5. The zero-order chi connectivity index (χ0) is 22.9. The van der Waals surface area contributed by atoms with Gasteiger partial charge in [0.25, 0.3) is 5.91 Å². The highest BCUT2D eigenvalue weighted by atomic mass is 35.5. The summed E-state index contributed by atoms with van der Waals surface area (Å²) in [7, 11) is 0. The van der Waals surface area contributed by atoms with Crippen LogP contribution >= 0.6 is 11.6 Å². The van der Waals surface area contributed by atoms with Crippen molar-refractivity contribution in [3.63, 3.8) is 0 Å². The van der Waals surface area contributed by atoms with Crippen molar-refractivity contribution in [3.05, 3.63) is 47.0 Å². The van der Waals surface area contributed by atoms with E-state index in [0.29, 0.717) is 48.6 Å². The molecule has 1 heterocycles. The average molecular weight is 463 g/mol. The number of rotatable bonds is 9. The van der Waals surface area contributed by atoms with Crippen molar-refractivity contribution in [2.45, 2.75) is 13.8 Å². The Morgan fingerprint density at radius 1 is 1.06 bits per heavy atom. The first-order valence-electron chi connectivity index (χ1n) is 10.5. The Hall–Kier alpha value is -2.97. The predicted octanol–water partition coefficient (Wildman–Crippen LogP) is 3.77. The summed E-state index contributed by atoms with van der Waals surface area (Å²) >= 11 is 5.89. The first kappa shape index (κ1) is 23.7. The Labute approximate surface area is 192 Å². The number of esters is 1. The maximum Gasteiger partial charge on any atom is 0.338 e. The van der Waals surface area contributed by atoms with Crippen LogP contribution in [0.1, 0.15) is 24.2 Å². The molecule has 2 aromatic rings. The zero-order valence-electron chi connectivity index (χ0n) is 18.2. The lowest BCUT2D eigenvalue weighted by atomic mass is 10.2. The highest BCUT2D eigenvalue weighted by Crippen LogP contribution is 2.39. The maximum absolute atomic E-state index is 12.5. The van der Waals surface area contributed by atoms with E-state index in [1.165, 1.54) is 6.07 Å². The van der Waals surface area contributed by atoms with Gasteiger partial charge in [-0.3, -0.25) is 4.79 Å². The summed E-state index contributed by atoms with van der Waals surface area (Å²) in [5, 5.41) is 3.16. The van der Waals surface area contributed by atoms with Crippen LogP contribution in [0.3, 0.4) is 0 Å². The van der Waals surface area contributed by atoms with Crippen LogP contribution in [0.5, 0.6) is 11.5 Å². The van der Waals surface area contributed by atoms with Gasteiger partial charge in [0.05, 0.1) is 43.4 Å². The van der Waals surface area contributed by atoms with Crippen LogP contribution in [-0.2, 0) is 14.3 Å². The summed E-state index contributed by atoms with van der Waals surface area (Å²) in [6.45, 7) is 6.92. The van der Waals surface area contributed by atoms with Crippen molar-refractivity contribution in [2.75, 3.05) is 56.3 Å². The number of anilines is 2. The van der Waals surface area contributed by atoms with Crippen LogP contribution in [-0.4, -0.2) is 58.0 Å². The van der Waals surface area contributed by atoms with Crippen LogP contribution in [0.25, 0.3) is 0 Å². The molecule has 1 amide bonds. The van der Waals surface area contributed by atoms with E-state index in [0.717, 1.165) is 18.8 Å². The number of halogens is 1. The average Bonchev–Trinajstić information content (AvgIpc) is 2.80. The number of nitrogens with zero attached hydrogens (tertiary/aromatic N) is 1. The molecule has 0 radical (unpaired) electrons. The SMILES string of the molecule is CCOc1cc(N2CCOCC2)c(OCC)cc1NC(=O)COC(=O)c1cccc(Cl)c1. The first-order chi connectivity index (χ1) is 15.5. The van der Waals surface area contributed by atoms with Crippen molar-refractivity contribution >= 4 is 34.9 Å². The smallest absolute Gasteiger partial charge is 0.338 e. The van der Waals surface area contributed by atoms with Gasteiger partial charge < -0.3 is 29.2 Å². The van der Waals surface area contributed by atoms with Gasteiger partial charge in [0, 0.05) is 30.2 Å². The van der Waals surface area contributed by atoms with Crippen molar-refractivity contribution in [2.24, 2.45) is 0 Å². The van der Waals surface area contributed by atoms with Crippen LogP contribution in [0, 0.1) is 0 Å². The van der Waals surface area contributed by atoms with Crippen molar-refractivity contribution in [1.82, 2.24) is 0 Å². The lowest BCUT2D eigenvalue weighted by Gasteiger charge is -2.31. The molecule has 0 atom stereocenters. The number of hydrogen-bond donors (Lipinski definition) is 1. The number of hydrogen-bond acceptors (Lipinski definition) is 7. The molecule has 0 spiro atoms. The van der Waals surface area contributed by atoms with E-state index in [1.54, 1.807) is 24.3 Å². The fourth-order valence-electron chi connectivity index (χ4n) is 3.26. The Morgan fingerprint density at radius 2 is 1.78 bits per heavy atom. The van der Waals surface area contributed by atoms with E-state index in [4.69, 9.17) is 30.5 Å². The molecule has 3 rings (SSSR count). The molecule has 1 N–H and O–H groups in total. The van der Waals surface area contributed by atoms with E-state index in [9.17, 15) is 9.59 Å². The van der Waals surface area contributed by atoms with Gasteiger partial charge in [0.15, 0.2) is 6.61 Å². The third-order valence-electron chi connectivity index (χ3n) is 4.68. The fourth-order valence-corrected chi connectivity index (χ4v) is 3.45. The first-order valence-corrected chi connectivity index (χ1v) is 10.9. The lowest BCUT2D eigenvalue weighted by molar-refractivity contribution is -0.119. The third kappa shape index (κ3) is 6.27. The van der Waals surface area contributed by atoms with E-state index >= 15 is 0 Å². The molecule has 8 nitrogen and oxygen atoms in total. The minimum atomic E-state index is -0.634. The molecular formula is C23H27ClN2O6. The van der Waals surface area contributed by atoms with Crippen molar-refractivity contribution in [1.29, 1.82) is 0 Å². The second-order valence-corrected chi connectivity index (χ2v) is 7.35. The summed E-state index contributed by atoms with van der Waals surface area (Å²) < 4.78 is 22.1. The van der Waals surface area contributed by atoms with E-state index in [2.05, 4.69) is 10.2 Å². The highest BCUT2D eigenvalue weighted by molar-refractivity contribution is 6.30. The number of carbonyl (C=O) groups excluding carboxylic acids is 2. The molecule has 1 aliphatic heterocycles. The molecule has 0 saturated carbocycles. The standard InChI is InChI=1S/C23H27ClN2O6/c1-3-30-20-14-19(26-8-10-29-11-9-26)21(31-4-2)13-18(20)25-22(27)15-32-23(28)16-6-5-7-17(24)12-16/h5-7,12-14H,3-4,8-11,15H2,1-2H3,(H,25,27). The Morgan fingerprint density at radius 3 is 2.47 bits per heavy atom. The van der Waals surface area contributed by atoms with Gasteiger partial charge >= 0.3 is 5.97 Å². The lowest BCUT2D eigenvalue weighted by Crippen LogP contribution is -2.36. The monoisotopic (exact) mass is 462 g/mol.